The van der Waals surface area contributed by atoms with Crippen molar-refractivity contribution in [2.75, 3.05) is 5.75 Å². The number of ether oxygens (including phenoxy) is 1. The summed E-state index contributed by atoms with van der Waals surface area (Å²) in [5.74, 6) is -0.579. The fraction of sp³-hybridized carbons (Fsp3) is 0.300. The molecule has 2 atom stereocenters. The van der Waals surface area contributed by atoms with Crippen LogP contribution in [0, 0.1) is 5.82 Å². The van der Waals surface area contributed by atoms with Gasteiger partial charge in [-0.2, -0.15) is 0 Å². The van der Waals surface area contributed by atoms with Crippen molar-refractivity contribution in [2.45, 2.75) is 32.4 Å². The number of benzene rings is 2. The van der Waals surface area contributed by atoms with E-state index in [1.165, 1.54) is 12.3 Å². The molecule has 2 rings (SSSR count). The first-order chi connectivity index (χ1) is 12.9. The van der Waals surface area contributed by atoms with Gasteiger partial charge in [0.15, 0.2) is 0 Å². The Morgan fingerprint density at radius 1 is 1.22 bits per heavy atom. The van der Waals surface area contributed by atoms with E-state index in [-0.39, 0.29) is 17.9 Å². The summed E-state index contributed by atoms with van der Waals surface area (Å²) in [5.41, 5.74) is -0.187. The average molecular weight is 390 g/mol. The minimum absolute atomic E-state index is 0.0785. The topological polar surface area (TPSA) is 67.8 Å². The van der Waals surface area contributed by atoms with Crippen LogP contribution in [0.5, 0.6) is 0 Å². The molecule has 0 aromatic heterocycles. The van der Waals surface area contributed by atoms with Crippen LogP contribution in [-0.4, -0.2) is 22.3 Å². The third kappa shape index (κ3) is 6.29. The van der Waals surface area contributed by atoms with E-state index in [9.17, 15) is 13.4 Å². The zero-order chi connectivity index (χ0) is 19.7. The molecule has 0 fully saturated rings. The highest BCUT2D eigenvalue weighted by Gasteiger charge is 2.34. The molecule has 0 saturated heterocycles. The fourth-order valence-electron chi connectivity index (χ4n) is 2.52. The van der Waals surface area contributed by atoms with Gasteiger partial charge in [-0.1, -0.05) is 55.5 Å². The van der Waals surface area contributed by atoms with Gasteiger partial charge in [0, 0.05) is 11.8 Å². The maximum atomic E-state index is 14.4. The van der Waals surface area contributed by atoms with Gasteiger partial charge < -0.3 is 10.1 Å². The van der Waals surface area contributed by atoms with Crippen LogP contribution in [0.3, 0.4) is 0 Å². The second kappa shape index (κ2) is 9.97. The number of nitrogens with zero attached hydrogens (tertiary/aromatic N) is 1. The van der Waals surface area contributed by atoms with Crippen molar-refractivity contribution < 1.29 is 18.1 Å². The minimum Gasteiger partial charge on any atom is -0.445 e. The lowest BCUT2D eigenvalue weighted by atomic mass is 9.94. The third-order valence-electron chi connectivity index (χ3n) is 3.85. The van der Waals surface area contributed by atoms with Crippen LogP contribution < -0.4 is 5.32 Å². The predicted octanol–water partition coefficient (Wildman–Crippen LogP) is 4.11. The van der Waals surface area contributed by atoms with E-state index in [0.29, 0.717) is 6.42 Å². The predicted molar refractivity (Wildman–Crippen MR) is 105 cm³/mol. The summed E-state index contributed by atoms with van der Waals surface area (Å²) in [5, 5.41) is 2.66. The van der Waals surface area contributed by atoms with E-state index in [0.717, 1.165) is 5.56 Å². The summed E-state index contributed by atoms with van der Waals surface area (Å²) >= 11 is 0. The summed E-state index contributed by atoms with van der Waals surface area (Å²) in [6.07, 6.45) is 1.45. The Morgan fingerprint density at radius 3 is 2.56 bits per heavy atom. The largest absolute Gasteiger partial charge is 0.445 e. The minimum atomic E-state index is -1.62. The highest BCUT2D eigenvalue weighted by atomic mass is 32.2. The quantitative estimate of drug-likeness (QED) is 0.690. The van der Waals surface area contributed by atoms with E-state index >= 15 is 0 Å². The Bertz CT molecular complexity index is 814. The van der Waals surface area contributed by atoms with Crippen molar-refractivity contribution in [1.29, 1.82) is 0 Å². The van der Waals surface area contributed by atoms with Gasteiger partial charge in [0.05, 0.1) is 11.3 Å². The molecule has 27 heavy (non-hydrogen) atoms. The van der Waals surface area contributed by atoms with E-state index in [4.69, 9.17) is 4.74 Å². The first-order valence-corrected chi connectivity index (χ1v) is 9.87. The number of rotatable bonds is 8. The van der Waals surface area contributed by atoms with Gasteiger partial charge >= 0.3 is 6.09 Å². The molecule has 2 unspecified atom stereocenters. The Hall–Kier alpha value is -2.54. The van der Waals surface area contributed by atoms with Crippen LogP contribution in [0.15, 0.2) is 59.0 Å². The number of hydrogen-bond acceptors (Lipinski definition) is 3. The third-order valence-corrected chi connectivity index (χ3v) is 5.05. The maximum Gasteiger partial charge on any atom is 0.408 e. The summed E-state index contributed by atoms with van der Waals surface area (Å²) in [7, 11) is -1.62. The van der Waals surface area contributed by atoms with Gasteiger partial charge in [0.2, 0.25) is 0 Å². The first kappa shape index (κ1) is 20.8. The Labute approximate surface area is 161 Å². The van der Waals surface area contributed by atoms with E-state index in [2.05, 4.69) is 9.71 Å². The molecule has 1 N–H and O–H groups in total. The first-order valence-electron chi connectivity index (χ1n) is 8.59. The summed E-state index contributed by atoms with van der Waals surface area (Å²) in [6, 6.07) is 15.3. The lowest BCUT2D eigenvalue weighted by molar-refractivity contribution is 0.129. The SMILES string of the molecule is CCC=NS(=O)CC(C)(NC(=O)OCc1ccccc1)c1ccccc1F. The second-order valence-corrected chi connectivity index (χ2v) is 7.30. The summed E-state index contributed by atoms with van der Waals surface area (Å²) in [4.78, 5) is 12.3. The monoisotopic (exact) mass is 390 g/mol. The van der Waals surface area contributed by atoms with Crippen LogP contribution in [0.4, 0.5) is 9.18 Å². The molecule has 0 aliphatic heterocycles. The Balaban J connectivity index is 2.16. The molecule has 7 heteroatoms. The van der Waals surface area contributed by atoms with Crippen LogP contribution >= 0.6 is 0 Å². The van der Waals surface area contributed by atoms with Crippen molar-refractivity contribution in [3.63, 3.8) is 0 Å². The van der Waals surface area contributed by atoms with E-state index in [1.54, 1.807) is 25.1 Å². The number of halogens is 1. The lowest BCUT2D eigenvalue weighted by Crippen LogP contribution is -2.48. The molecule has 0 bridgehead atoms. The molecule has 0 heterocycles. The van der Waals surface area contributed by atoms with Crippen molar-refractivity contribution in [3.05, 3.63) is 71.5 Å². The molecular weight excluding hydrogens is 367 g/mol. The van der Waals surface area contributed by atoms with Crippen LogP contribution in [0.25, 0.3) is 0 Å². The van der Waals surface area contributed by atoms with Crippen LogP contribution in [0.1, 0.15) is 31.4 Å². The molecule has 0 saturated carbocycles. The van der Waals surface area contributed by atoms with E-state index < -0.39 is 28.4 Å². The number of amides is 1. The number of carbonyl (C=O) groups excluding carboxylic acids is 1. The molecule has 5 nitrogen and oxygen atoms in total. The normalized spacial score (nSPS) is 14.5. The van der Waals surface area contributed by atoms with Gasteiger partial charge in [0.1, 0.15) is 23.4 Å². The Morgan fingerprint density at radius 2 is 1.89 bits per heavy atom. The van der Waals surface area contributed by atoms with Gasteiger partial charge in [0.25, 0.3) is 0 Å². The maximum absolute atomic E-state index is 14.4. The highest BCUT2D eigenvalue weighted by molar-refractivity contribution is 7.83. The molecule has 2 aromatic carbocycles. The molecule has 144 valence electrons. The summed E-state index contributed by atoms with van der Waals surface area (Å²) in [6.45, 7) is 3.56. The molecular formula is C20H23FN2O3S. The van der Waals surface area contributed by atoms with Crippen molar-refractivity contribution >= 4 is 23.3 Å². The molecule has 1 amide bonds. The molecule has 0 aliphatic rings. The van der Waals surface area contributed by atoms with Crippen LogP contribution in [0.2, 0.25) is 0 Å². The number of carbonyl (C=O) groups is 1. The van der Waals surface area contributed by atoms with Crippen LogP contribution in [-0.2, 0) is 27.9 Å². The van der Waals surface area contributed by atoms with E-state index in [1.807, 2.05) is 37.3 Å². The molecule has 0 radical (unpaired) electrons. The molecule has 0 aliphatic carbocycles. The van der Waals surface area contributed by atoms with Crippen molar-refractivity contribution in [2.24, 2.45) is 4.40 Å². The van der Waals surface area contributed by atoms with Gasteiger partial charge in [-0.3, -0.25) is 0 Å². The average Bonchev–Trinajstić information content (AvgIpc) is 2.65. The number of nitrogens with one attached hydrogen (secondary N) is 1. The van der Waals surface area contributed by atoms with Crippen molar-refractivity contribution in [3.8, 4) is 0 Å². The summed E-state index contributed by atoms with van der Waals surface area (Å²) < 4.78 is 35.8. The molecule has 2 aromatic rings. The smallest absolute Gasteiger partial charge is 0.408 e. The number of alkyl carbamates (subject to hydrolysis) is 1. The Kier molecular flexibility index (Phi) is 7.67. The highest BCUT2D eigenvalue weighted by Crippen LogP contribution is 2.25. The number of hydrogen-bond donors (Lipinski definition) is 1. The van der Waals surface area contributed by atoms with Gasteiger partial charge in [-0.25, -0.2) is 17.8 Å². The van der Waals surface area contributed by atoms with Crippen molar-refractivity contribution in [1.82, 2.24) is 5.32 Å². The molecule has 0 spiro atoms. The zero-order valence-corrected chi connectivity index (χ0v) is 16.2. The van der Waals surface area contributed by atoms with Gasteiger partial charge in [-0.15, -0.1) is 0 Å². The second-order valence-electron chi connectivity index (χ2n) is 6.16. The lowest BCUT2D eigenvalue weighted by Gasteiger charge is -2.30. The zero-order valence-electron chi connectivity index (χ0n) is 15.4. The fourth-order valence-corrected chi connectivity index (χ4v) is 3.63. The van der Waals surface area contributed by atoms with Gasteiger partial charge in [-0.05, 0) is 25.0 Å². The standard InChI is InChI=1S/C20H23FN2O3S/c1-3-13-22-27(25)15-20(2,17-11-7-8-12-18(17)21)23-19(24)26-14-16-9-5-4-6-10-16/h4-13H,3,14-15H2,1-2H3,(H,23,24).